The van der Waals surface area contributed by atoms with Crippen molar-refractivity contribution in [3.05, 3.63) is 29.3 Å². The first kappa shape index (κ1) is 15.8. The van der Waals surface area contributed by atoms with Crippen LogP contribution in [0.5, 0.6) is 5.75 Å². The Kier molecular flexibility index (Phi) is 4.21. The van der Waals surface area contributed by atoms with Crippen molar-refractivity contribution < 1.29 is 9.84 Å². The van der Waals surface area contributed by atoms with Gasteiger partial charge in [0.2, 0.25) is 0 Å². The Morgan fingerprint density at radius 2 is 2.05 bits per heavy atom. The summed E-state index contributed by atoms with van der Waals surface area (Å²) in [5, 5.41) is 11.7. The summed E-state index contributed by atoms with van der Waals surface area (Å²) in [5.41, 5.74) is 1.49. The molecule has 3 rings (SSSR count). The van der Waals surface area contributed by atoms with Crippen LogP contribution in [0.15, 0.2) is 18.2 Å². The van der Waals surface area contributed by atoms with Crippen LogP contribution >= 0.6 is 0 Å². The van der Waals surface area contributed by atoms with Crippen LogP contribution in [0.25, 0.3) is 0 Å². The third-order valence-corrected chi connectivity index (χ3v) is 5.71. The van der Waals surface area contributed by atoms with E-state index in [-0.39, 0.29) is 0 Å². The van der Waals surface area contributed by atoms with E-state index in [0.29, 0.717) is 17.8 Å². The molecule has 0 amide bonds. The van der Waals surface area contributed by atoms with Gasteiger partial charge in [0.1, 0.15) is 5.75 Å². The number of fused-ring (bicyclic) bond motifs is 2. The molecule has 2 saturated carbocycles. The predicted octanol–water partition coefficient (Wildman–Crippen LogP) is 3.19. The van der Waals surface area contributed by atoms with E-state index in [0.717, 1.165) is 29.8 Å². The zero-order valence-corrected chi connectivity index (χ0v) is 14.3. The average Bonchev–Trinajstić information content (AvgIpc) is 2.86. The van der Waals surface area contributed by atoms with Crippen LogP contribution in [0, 0.1) is 24.7 Å². The molecule has 2 fully saturated rings. The van der Waals surface area contributed by atoms with Crippen molar-refractivity contribution in [2.75, 3.05) is 27.7 Å². The molecule has 2 aliphatic carbocycles. The first-order valence-corrected chi connectivity index (χ1v) is 8.45. The molecule has 0 radical (unpaired) electrons. The van der Waals surface area contributed by atoms with Crippen molar-refractivity contribution >= 4 is 0 Å². The Morgan fingerprint density at radius 1 is 1.27 bits per heavy atom. The van der Waals surface area contributed by atoms with Crippen LogP contribution in [0.2, 0.25) is 0 Å². The first-order chi connectivity index (χ1) is 10.4. The Balaban J connectivity index is 2.02. The van der Waals surface area contributed by atoms with Gasteiger partial charge in [0.05, 0.1) is 12.7 Å². The minimum atomic E-state index is -0.715. The molecule has 0 unspecified atom stereocenters. The second kappa shape index (κ2) is 5.86. The van der Waals surface area contributed by atoms with E-state index in [1.54, 1.807) is 7.11 Å². The lowest BCUT2D eigenvalue weighted by atomic mass is 9.65. The summed E-state index contributed by atoms with van der Waals surface area (Å²) in [4.78, 5) is 2.22. The van der Waals surface area contributed by atoms with Crippen molar-refractivity contribution in [1.82, 2.24) is 4.90 Å². The van der Waals surface area contributed by atoms with Gasteiger partial charge in [0.25, 0.3) is 0 Å². The van der Waals surface area contributed by atoms with E-state index in [1.165, 1.54) is 19.3 Å². The number of aryl methyl sites for hydroxylation is 1. The highest BCUT2D eigenvalue weighted by molar-refractivity contribution is 5.38. The SMILES string of the molecule is COc1cc(C)cc([C@@]2(O)C[C@@H]3CC[C@@H](C3)[C@@H]2CN(C)C)c1. The molecular formula is C19H29NO2. The molecule has 2 aliphatic rings. The zero-order chi connectivity index (χ0) is 15.9. The lowest BCUT2D eigenvalue weighted by Crippen LogP contribution is -2.47. The molecule has 1 N–H and O–H groups in total. The molecule has 0 aliphatic heterocycles. The molecule has 1 aromatic carbocycles. The van der Waals surface area contributed by atoms with Gasteiger partial charge in [-0.15, -0.1) is 0 Å². The van der Waals surface area contributed by atoms with E-state index in [1.807, 2.05) is 12.1 Å². The molecule has 1 aromatic rings. The Labute approximate surface area is 134 Å². The van der Waals surface area contributed by atoms with Gasteiger partial charge in [-0.3, -0.25) is 0 Å². The number of nitrogens with zero attached hydrogens (tertiary/aromatic N) is 1. The van der Waals surface area contributed by atoms with Crippen LogP contribution in [0.4, 0.5) is 0 Å². The van der Waals surface area contributed by atoms with Gasteiger partial charge in [-0.05, 0) is 75.4 Å². The summed E-state index contributed by atoms with van der Waals surface area (Å²) in [6, 6.07) is 6.22. The molecule has 0 heterocycles. The van der Waals surface area contributed by atoms with Crippen LogP contribution in [0.1, 0.15) is 36.8 Å². The third-order valence-electron chi connectivity index (χ3n) is 5.71. The lowest BCUT2D eigenvalue weighted by Gasteiger charge is -2.45. The summed E-state index contributed by atoms with van der Waals surface area (Å²) in [7, 11) is 5.92. The highest BCUT2D eigenvalue weighted by atomic mass is 16.5. The number of hydrogen-bond donors (Lipinski definition) is 1. The summed E-state index contributed by atoms with van der Waals surface area (Å²) < 4.78 is 5.44. The fraction of sp³-hybridized carbons (Fsp3) is 0.684. The van der Waals surface area contributed by atoms with E-state index in [4.69, 9.17) is 4.74 Å². The molecule has 2 bridgehead atoms. The highest BCUT2D eigenvalue weighted by Crippen LogP contribution is 2.54. The topological polar surface area (TPSA) is 32.7 Å². The van der Waals surface area contributed by atoms with Gasteiger partial charge in [0, 0.05) is 12.5 Å². The quantitative estimate of drug-likeness (QED) is 0.927. The van der Waals surface area contributed by atoms with Crippen LogP contribution in [-0.4, -0.2) is 37.8 Å². The third kappa shape index (κ3) is 2.77. The molecule has 0 aromatic heterocycles. The van der Waals surface area contributed by atoms with Crippen molar-refractivity contribution in [3.63, 3.8) is 0 Å². The van der Waals surface area contributed by atoms with Crippen LogP contribution < -0.4 is 4.74 Å². The normalized spacial score (nSPS) is 34.2. The van der Waals surface area contributed by atoms with Crippen molar-refractivity contribution in [1.29, 1.82) is 0 Å². The highest BCUT2D eigenvalue weighted by Gasteiger charge is 2.51. The summed E-state index contributed by atoms with van der Waals surface area (Å²) >= 11 is 0. The first-order valence-electron chi connectivity index (χ1n) is 8.45. The maximum atomic E-state index is 11.7. The summed E-state index contributed by atoms with van der Waals surface area (Å²) in [6.07, 6.45) is 4.74. The van der Waals surface area contributed by atoms with Gasteiger partial charge in [0.15, 0.2) is 0 Å². The van der Waals surface area contributed by atoms with E-state index < -0.39 is 5.60 Å². The van der Waals surface area contributed by atoms with Crippen molar-refractivity contribution in [2.45, 2.75) is 38.2 Å². The minimum Gasteiger partial charge on any atom is -0.497 e. The Bertz CT molecular complexity index is 542. The van der Waals surface area contributed by atoms with Gasteiger partial charge in [-0.2, -0.15) is 0 Å². The molecule has 3 nitrogen and oxygen atoms in total. The Morgan fingerprint density at radius 3 is 2.73 bits per heavy atom. The number of ether oxygens (including phenoxy) is 1. The zero-order valence-electron chi connectivity index (χ0n) is 14.3. The van der Waals surface area contributed by atoms with Crippen molar-refractivity contribution in [2.24, 2.45) is 17.8 Å². The minimum absolute atomic E-state index is 0.313. The standard InChI is InChI=1S/C19H29NO2/c1-13-7-16(10-17(8-13)22-4)19(21)11-14-5-6-15(9-14)18(19)12-20(2)3/h7-8,10,14-15,18,21H,5-6,9,11-12H2,1-4H3/t14-,15+,18+,19+/m1/s1. The molecule has 22 heavy (non-hydrogen) atoms. The van der Waals surface area contributed by atoms with Crippen molar-refractivity contribution in [3.8, 4) is 5.75 Å². The number of benzene rings is 1. The lowest BCUT2D eigenvalue weighted by molar-refractivity contribution is -0.0892. The molecule has 0 spiro atoms. The second-order valence-electron chi connectivity index (χ2n) is 7.68. The molecular weight excluding hydrogens is 274 g/mol. The van der Waals surface area contributed by atoms with Gasteiger partial charge >= 0.3 is 0 Å². The number of aliphatic hydroxyl groups is 1. The van der Waals surface area contributed by atoms with Crippen LogP contribution in [-0.2, 0) is 5.60 Å². The second-order valence-corrected chi connectivity index (χ2v) is 7.68. The van der Waals surface area contributed by atoms with Gasteiger partial charge in [-0.1, -0.05) is 12.5 Å². The monoisotopic (exact) mass is 303 g/mol. The predicted molar refractivity (Wildman–Crippen MR) is 89.1 cm³/mol. The molecule has 122 valence electrons. The van der Waals surface area contributed by atoms with E-state index in [2.05, 4.69) is 32.0 Å². The summed E-state index contributed by atoms with van der Waals surface area (Å²) in [5.74, 6) is 2.50. The maximum absolute atomic E-state index is 11.7. The maximum Gasteiger partial charge on any atom is 0.119 e. The Hall–Kier alpha value is -1.06. The number of rotatable bonds is 4. The molecule has 3 heteroatoms. The average molecular weight is 303 g/mol. The van der Waals surface area contributed by atoms with Gasteiger partial charge in [-0.25, -0.2) is 0 Å². The number of methoxy groups -OCH3 is 1. The fourth-order valence-corrected chi connectivity index (χ4v) is 4.79. The van der Waals surface area contributed by atoms with E-state index in [9.17, 15) is 5.11 Å². The summed E-state index contributed by atoms with van der Waals surface area (Å²) in [6.45, 7) is 3.03. The van der Waals surface area contributed by atoms with E-state index >= 15 is 0 Å². The number of hydrogen-bond acceptors (Lipinski definition) is 3. The van der Waals surface area contributed by atoms with Crippen LogP contribution in [0.3, 0.4) is 0 Å². The van der Waals surface area contributed by atoms with Gasteiger partial charge < -0.3 is 14.7 Å². The fourth-order valence-electron chi connectivity index (χ4n) is 4.79. The largest absolute Gasteiger partial charge is 0.497 e. The molecule has 4 atom stereocenters. The smallest absolute Gasteiger partial charge is 0.119 e. The molecule has 0 saturated heterocycles.